The Hall–Kier alpha value is -1.26. The molecular weight excluding hydrogens is 240 g/mol. The van der Waals surface area contributed by atoms with Crippen molar-refractivity contribution in [2.75, 3.05) is 26.7 Å². The van der Waals surface area contributed by atoms with Crippen molar-refractivity contribution in [2.24, 2.45) is 0 Å². The van der Waals surface area contributed by atoms with E-state index in [9.17, 15) is 5.11 Å². The summed E-state index contributed by atoms with van der Waals surface area (Å²) < 4.78 is 5.11. The molecule has 1 heterocycles. The molecule has 1 aliphatic rings. The van der Waals surface area contributed by atoms with E-state index in [1.165, 1.54) is 12.8 Å². The molecule has 106 valence electrons. The van der Waals surface area contributed by atoms with Gasteiger partial charge in [-0.1, -0.05) is 13.0 Å². The molecule has 0 saturated carbocycles. The molecule has 0 radical (unpaired) electrons. The average Bonchev–Trinajstić information content (AvgIpc) is 2.47. The summed E-state index contributed by atoms with van der Waals surface area (Å²) in [5.74, 6) is 1.02. The van der Waals surface area contributed by atoms with Crippen LogP contribution in [0.2, 0.25) is 0 Å². The van der Waals surface area contributed by atoms with Crippen molar-refractivity contribution in [1.29, 1.82) is 0 Å². The summed E-state index contributed by atoms with van der Waals surface area (Å²) in [4.78, 5) is 2.42. The molecule has 19 heavy (non-hydrogen) atoms. The molecule has 0 amide bonds. The number of likely N-dealkylation sites (N-methyl/N-ethyl adjacent to an activating group) is 1. The van der Waals surface area contributed by atoms with Gasteiger partial charge < -0.3 is 15.2 Å². The summed E-state index contributed by atoms with van der Waals surface area (Å²) in [5.41, 5.74) is 0.966. The first-order chi connectivity index (χ1) is 9.24. The zero-order valence-electron chi connectivity index (χ0n) is 11.9. The molecular formula is C15H24N2O2. The van der Waals surface area contributed by atoms with E-state index in [0.29, 0.717) is 17.5 Å². The number of hydrogen-bond donors (Lipinski definition) is 2. The number of rotatable bonds is 5. The monoisotopic (exact) mass is 264 g/mol. The quantitative estimate of drug-likeness (QED) is 0.853. The summed E-state index contributed by atoms with van der Waals surface area (Å²) in [5, 5.41) is 13.5. The van der Waals surface area contributed by atoms with E-state index in [1.54, 1.807) is 13.2 Å². The lowest BCUT2D eigenvalue weighted by atomic mass is 10.0. The van der Waals surface area contributed by atoms with E-state index < -0.39 is 0 Å². The Morgan fingerprint density at radius 1 is 1.47 bits per heavy atom. The lowest BCUT2D eigenvalue weighted by Crippen LogP contribution is -2.45. The Bertz CT molecular complexity index is 403. The summed E-state index contributed by atoms with van der Waals surface area (Å²) in [6.07, 6.45) is 2.47. The van der Waals surface area contributed by atoms with E-state index >= 15 is 0 Å². The first kappa shape index (κ1) is 14.2. The van der Waals surface area contributed by atoms with Crippen molar-refractivity contribution in [1.82, 2.24) is 10.2 Å². The highest BCUT2D eigenvalue weighted by atomic mass is 16.5. The third-order valence-electron chi connectivity index (χ3n) is 3.86. The van der Waals surface area contributed by atoms with Crippen LogP contribution in [0.4, 0.5) is 0 Å². The van der Waals surface area contributed by atoms with Gasteiger partial charge in [0.2, 0.25) is 0 Å². The topological polar surface area (TPSA) is 44.7 Å². The second-order valence-electron chi connectivity index (χ2n) is 5.06. The van der Waals surface area contributed by atoms with Crippen LogP contribution < -0.4 is 10.1 Å². The van der Waals surface area contributed by atoms with Gasteiger partial charge in [-0.25, -0.2) is 0 Å². The highest BCUT2D eigenvalue weighted by Gasteiger charge is 2.20. The van der Waals surface area contributed by atoms with Crippen LogP contribution >= 0.6 is 0 Å². The van der Waals surface area contributed by atoms with Crippen molar-refractivity contribution in [2.45, 2.75) is 32.4 Å². The number of ether oxygens (including phenoxy) is 1. The second kappa shape index (κ2) is 6.78. The smallest absolute Gasteiger partial charge is 0.123 e. The zero-order valence-corrected chi connectivity index (χ0v) is 11.9. The van der Waals surface area contributed by atoms with Gasteiger partial charge in [-0.2, -0.15) is 0 Å². The van der Waals surface area contributed by atoms with Crippen LogP contribution in [0.1, 0.15) is 25.3 Å². The summed E-state index contributed by atoms with van der Waals surface area (Å²) in [6, 6.07) is 6.11. The number of benzene rings is 1. The normalized spacial score (nSPS) is 19.6. The predicted octanol–water partition coefficient (Wildman–Crippen LogP) is 1.97. The van der Waals surface area contributed by atoms with Crippen molar-refractivity contribution in [3.05, 3.63) is 23.8 Å². The molecule has 0 bridgehead atoms. The maximum atomic E-state index is 10.0. The van der Waals surface area contributed by atoms with Crippen LogP contribution in [0.5, 0.6) is 11.5 Å². The first-order valence-electron chi connectivity index (χ1n) is 7.05. The maximum absolute atomic E-state index is 10.0. The fourth-order valence-corrected chi connectivity index (χ4v) is 2.67. The van der Waals surface area contributed by atoms with Crippen LogP contribution in [-0.2, 0) is 6.54 Å². The van der Waals surface area contributed by atoms with Crippen LogP contribution in [-0.4, -0.2) is 42.8 Å². The SMILES string of the molecule is CCN(Cc1ccc(OC)cc1O)C1CCCNC1. The van der Waals surface area contributed by atoms with Gasteiger partial charge in [0.1, 0.15) is 11.5 Å². The van der Waals surface area contributed by atoms with Gasteiger partial charge in [-0.05, 0) is 32.0 Å². The Morgan fingerprint density at radius 3 is 2.89 bits per heavy atom. The Morgan fingerprint density at radius 2 is 2.32 bits per heavy atom. The molecule has 1 unspecified atom stereocenters. The van der Waals surface area contributed by atoms with E-state index in [-0.39, 0.29) is 0 Å². The number of hydrogen-bond acceptors (Lipinski definition) is 4. The van der Waals surface area contributed by atoms with Crippen LogP contribution in [0, 0.1) is 0 Å². The Labute approximate surface area is 115 Å². The van der Waals surface area contributed by atoms with Crippen molar-refractivity contribution >= 4 is 0 Å². The minimum absolute atomic E-state index is 0.321. The van der Waals surface area contributed by atoms with Gasteiger partial charge in [0.05, 0.1) is 7.11 Å². The molecule has 1 atom stereocenters. The van der Waals surface area contributed by atoms with Crippen molar-refractivity contribution < 1.29 is 9.84 Å². The molecule has 2 N–H and O–H groups in total. The highest BCUT2D eigenvalue weighted by molar-refractivity contribution is 5.39. The van der Waals surface area contributed by atoms with Gasteiger partial charge in [-0.3, -0.25) is 4.90 Å². The summed E-state index contributed by atoms with van der Waals surface area (Å²) in [7, 11) is 1.61. The van der Waals surface area contributed by atoms with Gasteiger partial charge in [0, 0.05) is 30.8 Å². The molecule has 4 heteroatoms. The molecule has 1 fully saturated rings. The minimum atomic E-state index is 0.321. The predicted molar refractivity (Wildman–Crippen MR) is 76.6 cm³/mol. The standard InChI is InChI=1S/C15H24N2O2/c1-3-17(13-5-4-8-16-10-13)11-12-6-7-14(19-2)9-15(12)18/h6-7,9,13,16,18H,3-5,8,10-11H2,1-2H3. The second-order valence-corrected chi connectivity index (χ2v) is 5.06. The fourth-order valence-electron chi connectivity index (χ4n) is 2.67. The number of aromatic hydroxyl groups is 1. The van der Waals surface area contributed by atoms with Crippen LogP contribution in [0.15, 0.2) is 18.2 Å². The summed E-state index contributed by atoms with van der Waals surface area (Å²) >= 11 is 0. The highest BCUT2D eigenvalue weighted by Crippen LogP contribution is 2.25. The lowest BCUT2D eigenvalue weighted by Gasteiger charge is -2.34. The molecule has 1 aromatic carbocycles. The lowest BCUT2D eigenvalue weighted by molar-refractivity contribution is 0.164. The van der Waals surface area contributed by atoms with Gasteiger partial charge in [0.25, 0.3) is 0 Å². The molecule has 0 aliphatic carbocycles. The maximum Gasteiger partial charge on any atom is 0.123 e. The zero-order chi connectivity index (χ0) is 13.7. The first-order valence-corrected chi connectivity index (χ1v) is 7.05. The molecule has 2 rings (SSSR count). The summed E-state index contributed by atoms with van der Waals surface area (Å²) in [6.45, 7) is 6.14. The van der Waals surface area contributed by atoms with E-state index in [1.807, 2.05) is 12.1 Å². The number of nitrogens with zero attached hydrogens (tertiary/aromatic N) is 1. The van der Waals surface area contributed by atoms with E-state index in [4.69, 9.17) is 4.74 Å². The third kappa shape index (κ3) is 3.61. The minimum Gasteiger partial charge on any atom is -0.507 e. The van der Waals surface area contributed by atoms with E-state index in [2.05, 4.69) is 17.1 Å². The fraction of sp³-hybridized carbons (Fsp3) is 0.600. The van der Waals surface area contributed by atoms with Crippen molar-refractivity contribution in [3.8, 4) is 11.5 Å². The van der Waals surface area contributed by atoms with Crippen molar-refractivity contribution in [3.63, 3.8) is 0 Å². The molecule has 4 nitrogen and oxygen atoms in total. The van der Waals surface area contributed by atoms with Gasteiger partial charge in [0.15, 0.2) is 0 Å². The number of phenols is 1. The van der Waals surface area contributed by atoms with Gasteiger partial charge in [-0.15, -0.1) is 0 Å². The Kier molecular flexibility index (Phi) is 5.05. The van der Waals surface area contributed by atoms with Crippen LogP contribution in [0.3, 0.4) is 0 Å². The number of phenolic OH excluding ortho intramolecular Hbond substituents is 1. The molecule has 0 aromatic heterocycles. The molecule has 1 aliphatic heterocycles. The molecule has 1 saturated heterocycles. The van der Waals surface area contributed by atoms with Gasteiger partial charge >= 0.3 is 0 Å². The Balaban J connectivity index is 2.04. The number of methoxy groups -OCH3 is 1. The molecule has 0 spiro atoms. The largest absolute Gasteiger partial charge is 0.507 e. The van der Waals surface area contributed by atoms with Crippen LogP contribution in [0.25, 0.3) is 0 Å². The molecule has 1 aromatic rings. The average molecular weight is 264 g/mol. The van der Waals surface area contributed by atoms with E-state index in [0.717, 1.165) is 31.7 Å². The number of piperidine rings is 1. The third-order valence-corrected chi connectivity index (χ3v) is 3.86. The number of nitrogens with one attached hydrogen (secondary N) is 1.